The third kappa shape index (κ3) is 4.68. The van der Waals surface area contributed by atoms with Gasteiger partial charge in [0.1, 0.15) is 0 Å². The number of imidazole rings is 1. The van der Waals surface area contributed by atoms with Crippen LogP contribution in [0.1, 0.15) is 30.3 Å². The fraction of sp³-hybridized carbons (Fsp3) is 0.217. The number of amides is 2. The van der Waals surface area contributed by atoms with Gasteiger partial charge in [-0.3, -0.25) is 19.4 Å². The molecule has 1 aliphatic rings. The first-order valence-electron chi connectivity index (χ1n) is 10.3. The van der Waals surface area contributed by atoms with Crippen molar-refractivity contribution in [3.05, 3.63) is 76.5 Å². The molecule has 4 rings (SSSR count). The highest BCUT2D eigenvalue weighted by molar-refractivity contribution is 5.92. The maximum atomic E-state index is 12.6. The summed E-state index contributed by atoms with van der Waals surface area (Å²) in [5.74, 6) is -0.765. The Balaban J connectivity index is 1.38. The molecular weight excluding hydrogens is 410 g/mol. The molecule has 0 saturated carbocycles. The minimum Gasteiger partial charge on any atom is -0.339 e. The average molecular weight is 433 g/mol. The molecule has 0 radical (unpaired) electrons. The van der Waals surface area contributed by atoms with Crippen molar-refractivity contribution < 1.29 is 14.8 Å². The number of benzene rings is 1. The fourth-order valence-electron chi connectivity index (χ4n) is 3.90. The molecular formula is C23H23N5O4. The maximum absolute atomic E-state index is 12.6. The molecule has 0 aliphatic carbocycles. The van der Waals surface area contributed by atoms with Gasteiger partial charge in [-0.05, 0) is 49.3 Å². The number of carbonyl (C=O) groups is 2. The minimum absolute atomic E-state index is 0.0490. The molecule has 1 saturated heterocycles. The molecule has 3 heterocycles. The summed E-state index contributed by atoms with van der Waals surface area (Å²) in [6, 6.07) is 12.9. The lowest BCUT2D eigenvalue weighted by atomic mass is 10.0. The third-order valence-electron chi connectivity index (χ3n) is 5.47. The molecule has 9 nitrogen and oxygen atoms in total. The van der Waals surface area contributed by atoms with Gasteiger partial charge in [-0.15, -0.1) is 0 Å². The predicted molar refractivity (Wildman–Crippen MR) is 120 cm³/mol. The SMILES string of the molecule is O=C(C=Cc1cccc(C=CC(=O)N2CCC(n3c(=O)[nH]c4ccccc43)CC2)n1)NO. The number of hydroxylamine groups is 1. The average Bonchev–Trinajstić information content (AvgIpc) is 3.17. The number of carbonyl (C=O) groups excluding carboxylic acids is 2. The van der Waals surface area contributed by atoms with E-state index in [1.54, 1.807) is 33.7 Å². The summed E-state index contributed by atoms with van der Waals surface area (Å²) in [7, 11) is 0. The van der Waals surface area contributed by atoms with Gasteiger partial charge < -0.3 is 9.88 Å². The third-order valence-corrected chi connectivity index (χ3v) is 5.47. The van der Waals surface area contributed by atoms with Gasteiger partial charge >= 0.3 is 5.69 Å². The topological polar surface area (TPSA) is 120 Å². The van der Waals surface area contributed by atoms with Crippen LogP contribution in [0, 0.1) is 0 Å². The van der Waals surface area contributed by atoms with Crippen LogP contribution < -0.4 is 11.2 Å². The number of nitrogens with one attached hydrogen (secondary N) is 2. The van der Waals surface area contributed by atoms with Crippen molar-refractivity contribution >= 4 is 35.0 Å². The molecule has 3 aromatic rings. The Morgan fingerprint density at radius 1 is 1.03 bits per heavy atom. The summed E-state index contributed by atoms with van der Waals surface area (Å²) < 4.78 is 1.80. The van der Waals surface area contributed by atoms with Crippen LogP contribution >= 0.6 is 0 Å². The van der Waals surface area contributed by atoms with Gasteiger partial charge in [0.2, 0.25) is 5.91 Å². The van der Waals surface area contributed by atoms with Crippen LogP contribution in [0.2, 0.25) is 0 Å². The molecule has 0 unspecified atom stereocenters. The second-order valence-electron chi connectivity index (χ2n) is 7.50. The fourth-order valence-corrected chi connectivity index (χ4v) is 3.90. The number of nitrogens with zero attached hydrogens (tertiary/aromatic N) is 3. The quantitative estimate of drug-likeness (QED) is 0.323. The normalized spacial score (nSPS) is 15.1. The van der Waals surface area contributed by atoms with Crippen molar-refractivity contribution in [2.75, 3.05) is 13.1 Å². The Morgan fingerprint density at radius 3 is 2.44 bits per heavy atom. The van der Waals surface area contributed by atoms with E-state index in [1.165, 1.54) is 17.6 Å². The molecule has 9 heteroatoms. The number of piperidine rings is 1. The van der Waals surface area contributed by atoms with Crippen molar-refractivity contribution in [3.8, 4) is 0 Å². The monoisotopic (exact) mass is 433 g/mol. The maximum Gasteiger partial charge on any atom is 0.326 e. The zero-order valence-electron chi connectivity index (χ0n) is 17.3. The molecule has 1 aromatic carbocycles. The Bertz CT molecular complexity index is 1250. The lowest BCUT2D eigenvalue weighted by Gasteiger charge is -2.32. The second-order valence-corrected chi connectivity index (χ2v) is 7.50. The van der Waals surface area contributed by atoms with Crippen molar-refractivity contribution in [1.82, 2.24) is 24.9 Å². The highest BCUT2D eigenvalue weighted by atomic mass is 16.5. The van der Waals surface area contributed by atoms with Crippen molar-refractivity contribution in [2.24, 2.45) is 0 Å². The molecule has 164 valence electrons. The number of pyridine rings is 1. The largest absolute Gasteiger partial charge is 0.339 e. The summed E-state index contributed by atoms with van der Waals surface area (Å²) in [5, 5.41) is 8.52. The van der Waals surface area contributed by atoms with Crippen molar-refractivity contribution in [3.63, 3.8) is 0 Å². The number of H-pyrrole nitrogens is 1. The number of hydrogen-bond acceptors (Lipinski definition) is 5. The van der Waals surface area contributed by atoms with Gasteiger partial charge in [-0.2, -0.15) is 0 Å². The summed E-state index contributed by atoms with van der Waals surface area (Å²) in [6.45, 7) is 1.12. The van der Waals surface area contributed by atoms with Crippen LogP contribution in [0.25, 0.3) is 23.2 Å². The summed E-state index contributed by atoms with van der Waals surface area (Å²) in [6.07, 6.45) is 7.13. The van der Waals surface area contributed by atoms with Gasteiger partial charge in [0, 0.05) is 31.3 Å². The van der Waals surface area contributed by atoms with Crippen LogP contribution in [-0.2, 0) is 9.59 Å². The highest BCUT2D eigenvalue weighted by Crippen LogP contribution is 2.25. The van der Waals surface area contributed by atoms with Crippen LogP contribution in [0.4, 0.5) is 0 Å². The van der Waals surface area contributed by atoms with Gasteiger partial charge in [0.15, 0.2) is 0 Å². The van der Waals surface area contributed by atoms with E-state index in [0.29, 0.717) is 37.3 Å². The minimum atomic E-state index is -0.652. The zero-order valence-corrected chi connectivity index (χ0v) is 17.3. The second kappa shape index (κ2) is 9.44. The van der Waals surface area contributed by atoms with Gasteiger partial charge in [-0.25, -0.2) is 15.3 Å². The lowest BCUT2D eigenvalue weighted by molar-refractivity contribution is -0.127. The van der Waals surface area contributed by atoms with E-state index in [1.807, 2.05) is 24.3 Å². The van der Waals surface area contributed by atoms with Crippen molar-refractivity contribution in [1.29, 1.82) is 0 Å². The molecule has 3 N–H and O–H groups in total. The van der Waals surface area contributed by atoms with E-state index in [9.17, 15) is 14.4 Å². The number of likely N-dealkylation sites (tertiary alicyclic amines) is 1. The smallest absolute Gasteiger partial charge is 0.326 e. The molecule has 32 heavy (non-hydrogen) atoms. The Labute approximate surface area is 183 Å². The van der Waals surface area contributed by atoms with Gasteiger partial charge in [0.05, 0.1) is 22.4 Å². The number of rotatable bonds is 5. The Morgan fingerprint density at radius 2 is 1.72 bits per heavy atom. The van der Waals surface area contributed by atoms with E-state index in [-0.39, 0.29) is 17.6 Å². The first-order chi connectivity index (χ1) is 15.5. The van der Waals surface area contributed by atoms with E-state index in [2.05, 4.69) is 9.97 Å². The molecule has 2 amide bonds. The first-order valence-corrected chi connectivity index (χ1v) is 10.3. The Kier molecular flexibility index (Phi) is 6.27. The van der Waals surface area contributed by atoms with E-state index in [0.717, 1.165) is 17.1 Å². The standard InChI is InChI=1S/C23H23N5O4/c29-21(26-32)10-8-16-4-3-5-17(24-16)9-11-22(30)27-14-12-18(13-15-27)28-20-7-2-1-6-19(20)25-23(28)31/h1-11,18,32H,12-15H2,(H,25,31)(H,26,29). The summed E-state index contributed by atoms with van der Waals surface area (Å²) in [4.78, 5) is 45.1. The van der Waals surface area contributed by atoms with Gasteiger partial charge in [-0.1, -0.05) is 18.2 Å². The predicted octanol–water partition coefficient (Wildman–Crippen LogP) is 2.12. The van der Waals surface area contributed by atoms with Crippen LogP contribution in [0.5, 0.6) is 0 Å². The first kappa shape index (κ1) is 21.3. The van der Waals surface area contributed by atoms with E-state index < -0.39 is 5.91 Å². The Hall–Kier alpha value is -3.98. The van der Waals surface area contributed by atoms with Crippen molar-refractivity contribution in [2.45, 2.75) is 18.9 Å². The molecule has 0 atom stereocenters. The zero-order chi connectivity index (χ0) is 22.5. The number of para-hydroxylation sites is 2. The molecule has 2 aromatic heterocycles. The van der Waals surface area contributed by atoms with Gasteiger partial charge in [0.25, 0.3) is 5.91 Å². The van der Waals surface area contributed by atoms with Crippen LogP contribution in [-0.4, -0.2) is 49.5 Å². The molecule has 1 fully saturated rings. The number of hydrogen-bond donors (Lipinski definition) is 3. The molecule has 0 bridgehead atoms. The number of aromatic nitrogens is 3. The molecule has 1 aliphatic heterocycles. The summed E-state index contributed by atoms with van der Waals surface area (Å²) in [5.41, 5.74) is 4.20. The van der Waals surface area contributed by atoms with E-state index >= 15 is 0 Å². The van der Waals surface area contributed by atoms with E-state index in [4.69, 9.17) is 5.21 Å². The highest BCUT2D eigenvalue weighted by Gasteiger charge is 2.25. The lowest BCUT2D eigenvalue weighted by Crippen LogP contribution is -2.39. The number of aromatic amines is 1. The summed E-state index contributed by atoms with van der Waals surface area (Å²) >= 11 is 0. The number of fused-ring (bicyclic) bond motifs is 1. The van der Waals surface area contributed by atoms with Crippen LogP contribution in [0.3, 0.4) is 0 Å². The van der Waals surface area contributed by atoms with Crippen LogP contribution in [0.15, 0.2) is 59.4 Å². The molecule has 0 spiro atoms.